The smallest absolute Gasteiger partial charge is 0.126 e. The summed E-state index contributed by atoms with van der Waals surface area (Å²) in [6, 6.07) is 11.8. The molecule has 0 aliphatic carbocycles. The lowest BCUT2D eigenvalue weighted by Crippen LogP contribution is -1.83. The van der Waals surface area contributed by atoms with Crippen molar-refractivity contribution in [2.45, 2.75) is 34.1 Å². The van der Waals surface area contributed by atoms with Crippen LogP contribution in [-0.2, 0) is 6.42 Å². The molecule has 1 N–H and O–H groups in total. The topological polar surface area (TPSA) is 20.2 Å². The molecule has 0 amide bonds. The van der Waals surface area contributed by atoms with Crippen molar-refractivity contribution >= 4 is 10.8 Å². The molecule has 0 aromatic heterocycles. The molecule has 0 saturated heterocycles. The average Bonchev–Trinajstić information content (AvgIpc) is 2.47. The van der Waals surface area contributed by atoms with Crippen LogP contribution in [0.5, 0.6) is 5.75 Å². The van der Waals surface area contributed by atoms with Crippen molar-refractivity contribution in [3.8, 4) is 5.75 Å². The van der Waals surface area contributed by atoms with E-state index in [9.17, 15) is 5.11 Å². The highest BCUT2D eigenvalue weighted by Gasteiger charge is 2.03. The molecule has 2 aromatic rings. The van der Waals surface area contributed by atoms with Gasteiger partial charge in [0.05, 0.1) is 0 Å². The average molecular weight is 244 g/mol. The minimum Gasteiger partial charge on any atom is -0.507 e. The van der Waals surface area contributed by atoms with E-state index in [0.29, 0.717) is 12.2 Å². The van der Waals surface area contributed by atoms with Gasteiger partial charge in [-0.3, -0.25) is 0 Å². The summed E-state index contributed by atoms with van der Waals surface area (Å²) in [7, 11) is 0. The molecule has 0 atom stereocenters. The highest BCUT2D eigenvalue weighted by molar-refractivity contribution is 5.89. The quantitative estimate of drug-likeness (QED) is 0.708. The van der Waals surface area contributed by atoms with Gasteiger partial charge < -0.3 is 5.11 Å². The van der Waals surface area contributed by atoms with Gasteiger partial charge in [0, 0.05) is 5.39 Å². The fraction of sp³-hybridized carbons (Fsp3) is 0.294. The Kier molecular flexibility index (Phi) is 8.38. The summed E-state index contributed by atoms with van der Waals surface area (Å²) < 4.78 is 0. The molecule has 2 rings (SSSR count). The Bertz CT molecular complexity index is 472. The van der Waals surface area contributed by atoms with Crippen LogP contribution in [0.3, 0.4) is 0 Å². The second kappa shape index (κ2) is 9.29. The number of benzene rings is 2. The Morgan fingerprint density at radius 1 is 1.00 bits per heavy atom. The third-order valence-electron chi connectivity index (χ3n) is 2.35. The highest BCUT2D eigenvalue weighted by Crippen LogP contribution is 2.28. The van der Waals surface area contributed by atoms with E-state index in [2.05, 4.69) is 6.58 Å². The lowest BCUT2D eigenvalue weighted by atomic mass is 10.0. The summed E-state index contributed by atoms with van der Waals surface area (Å²) in [6.45, 7) is 11.7. The Morgan fingerprint density at radius 3 is 2.22 bits per heavy atom. The van der Waals surface area contributed by atoms with Crippen molar-refractivity contribution in [2.24, 2.45) is 0 Å². The number of allylic oxidation sites excluding steroid dienone is 1. The van der Waals surface area contributed by atoms with Gasteiger partial charge in [-0.1, -0.05) is 70.2 Å². The van der Waals surface area contributed by atoms with Crippen LogP contribution >= 0.6 is 0 Å². The number of phenols is 1. The second-order valence-corrected chi connectivity index (χ2v) is 3.29. The highest BCUT2D eigenvalue weighted by atomic mass is 16.3. The predicted octanol–water partition coefficient (Wildman–Crippen LogP) is 5.33. The van der Waals surface area contributed by atoms with E-state index in [0.717, 1.165) is 16.3 Å². The lowest BCUT2D eigenvalue weighted by molar-refractivity contribution is 0.476. The third-order valence-corrected chi connectivity index (χ3v) is 2.35. The zero-order valence-electron chi connectivity index (χ0n) is 11.9. The second-order valence-electron chi connectivity index (χ2n) is 3.29. The molecule has 0 radical (unpaired) electrons. The molecule has 0 heterocycles. The fourth-order valence-electron chi connectivity index (χ4n) is 1.62. The molecular formula is C17H24O. The molecule has 0 unspecified atom stereocenters. The SMILES string of the molecule is C=CCc1ccc2ccccc2c1O.CC.CC. The van der Waals surface area contributed by atoms with Crippen LogP contribution in [0.2, 0.25) is 0 Å². The van der Waals surface area contributed by atoms with Crippen molar-refractivity contribution in [2.75, 3.05) is 0 Å². The summed E-state index contributed by atoms with van der Waals surface area (Å²) in [4.78, 5) is 0. The molecule has 0 spiro atoms. The normalized spacial score (nSPS) is 8.67. The first-order chi connectivity index (χ1) is 8.83. The van der Waals surface area contributed by atoms with Crippen molar-refractivity contribution in [3.63, 3.8) is 0 Å². The first-order valence-corrected chi connectivity index (χ1v) is 6.63. The Labute approximate surface area is 111 Å². The molecule has 0 fully saturated rings. The first kappa shape index (κ1) is 16.2. The van der Waals surface area contributed by atoms with Crippen molar-refractivity contribution in [1.82, 2.24) is 0 Å². The molecule has 2 aromatic carbocycles. The fourth-order valence-corrected chi connectivity index (χ4v) is 1.62. The van der Waals surface area contributed by atoms with Gasteiger partial charge in [0.2, 0.25) is 0 Å². The molecule has 0 aliphatic rings. The van der Waals surface area contributed by atoms with Crippen LogP contribution in [0.25, 0.3) is 10.8 Å². The predicted molar refractivity (Wildman–Crippen MR) is 82.2 cm³/mol. The number of phenolic OH excluding ortho intramolecular Hbond substituents is 1. The third kappa shape index (κ3) is 3.92. The molecule has 1 nitrogen and oxygen atoms in total. The van der Waals surface area contributed by atoms with Crippen LogP contribution < -0.4 is 0 Å². The van der Waals surface area contributed by atoms with Gasteiger partial charge in [-0.15, -0.1) is 6.58 Å². The standard InChI is InChI=1S/C13H12O.2C2H6/c1-2-5-11-9-8-10-6-3-4-7-12(10)13(11)14;2*1-2/h2-4,6-9,14H,1,5H2;2*1-2H3. The van der Waals surface area contributed by atoms with Gasteiger partial charge >= 0.3 is 0 Å². The van der Waals surface area contributed by atoms with Gasteiger partial charge in [-0.05, 0) is 17.4 Å². The number of aromatic hydroxyl groups is 1. The van der Waals surface area contributed by atoms with Gasteiger partial charge in [0.15, 0.2) is 0 Å². The lowest BCUT2D eigenvalue weighted by Gasteiger charge is -2.05. The van der Waals surface area contributed by atoms with Gasteiger partial charge in [0.1, 0.15) is 5.75 Å². The Morgan fingerprint density at radius 2 is 1.61 bits per heavy atom. The number of hydrogen-bond acceptors (Lipinski definition) is 1. The van der Waals surface area contributed by atoms with Crippen molar-refractivity contribution in [3.05, 3.63) is 54.6 Å². The minimum atomic E-state index is 0.378. The van der Waals surface area contributed by atoms with E-state index in [4.69, 9.17) is 0 Å². The maximum absolute atomic E-state index is 9.93. The molecule has 0 aliphatic heterocycles. The monoisotopic (exact) mass is 244 g/mol. The van der Waals surface area contributed by atoms with Gasteiger partial charge in [0.25, 0.3) is 0 Å². The minimum absolute atomic E-state index is 0.378. The van der Waals surface area contributed by atoms with Crippen LogP contribution in [0, 0.1) is 0 Å². The van der Waals surface area contributed by atoms with Gasteiger partial charge in [-0.2, -0.15) is 0 Å². The zero-order chi connectivity index (χ0) is 14.0. The molecule has 18 heavy (non-hydrogen) atoms. The van der Waals surface area contributed by atoms with Crippen LogP contribution in [0.4, 0.5) is 0 Å². The molecule has 0 bridgehead atoms. The van der Waals surface area contributed by atoms with Crippen LogP contribution in [0.15, 0.2) is 49.1 Å². The van der Waals surface area contributed by atoms with Crippen LogP contribution in [-0.4, -0.2) is 5.11 Å². The van der Waals surface area contributed by atoms with E-state index >= 15 is 0 Å². The Hall–Kier alpha value is -1.76. The maximum Gasteiger partial charge on any atom is 0.126 e. The summed E-state index contributed by atoms with van der Waals surface area (Å²) in [5.74, 6) is 0.378. The van der Waals surface area contributed by atoms with Crippen molar-refractivity contribution < 1.29 is 5.11 Å². The molecular weight excluding hydrogens is 220 g/mol. The Balaban J connectivity index is 0.000000659. The van der Waals surface area contributed by atoms with Crippen molar-refractivity contribution in [1.29, 1.82) is 0 Å². The summed E-state index contributed by atoms with van der Waals surface area (Å²) in [5, 5.41) is 11.9. The van der Waals surface area contributed by atoms with E-state index in [1.807, 2.05) is 64.1 Å². The van der Waals surface area contributed by atoms with E-state index in [1.54, 1.807) is 6.08 Å². The molecule has 1 heteroatoms. The molecule has 0 saturated carbocycles. The summed E-state index contributed by atoms with van der Waals surface area (Å²) in [5.41, 5.74) is 0.929. The maximum atomic E-state index is 9.93. The number of hydrogen-bond donors (Lipinski definition) is 1. The largest absolute Gasteiger partial charge is 0.507 e. The van der Waals surface area contributed by atoms with Crippen LogP contribution in [0.1, 0.15) is 33.3 Å². The van der Waals surface area contributed by atoms with E-state index in [-0.39, 0.29) is 0 Å². The zero-order valence-corrected chi connectivity index (χ0v) is 11.9. The number of rotatable bonds is 2. The summed E-state index contributed by atoms with van der Waals surface area (Å²) >= 11 is 0. The first-order valence-electron chi connectivity index (χ1n) is 6.63. The number of fused-ring (bicyclic) bond motifs is 1. The van der Waals surface area contributed by atoms with E-state index in [1.165, 1.54) is 0 Å². The van der Waals surface area contributed by atoms with E-state index < -0.39 is 0 Å². The van der Waals surface area contributed by atoms with Gasteiger partial charge in [-0.25, -0.2) is 0 Å². The summed E-state index contributed by atoms with van der Waals surface area (Å²) in [6.07, 6.45) is 2.50. The molecule has 98 valence electrons.